The first-order chi connectivity index (χ1) is 5.31. The lowest BCUT2D eigenvalue weighted by Crippen LogP contribution is -2.32. The fourth-order valence-electron chi connectivity index (χ4n) is 0.573. The first-order valence-corrected chi connectivity index (χ1v) is 3.62. The van der Waals surface area contributed by atoms with Gasteiger partial charge >= 0.3 is 0 Å². The van der Waals surface area contributed by atoms with Crippen molar-refractivity contribution in [3.05, 3.63) is 12.7 Å². The third-order valence-electron chi connectivity index (χ3n) is 1.11. The summed E-state index contributed by atoms with van der Waals surface area (Å²) in [6.07, 6.45) is 1.25. The molecule has 11 heavy (non-hydrogen) atoms. The lowest BCUT2D eigenvalue weighted by molar-refractivity contribution is -0.116. The van der Waals surface area contributed by atoms with E-state index in [1.54, 1.807) is 0 Å². The molecule has 0 unspecified atom stereocenters. The summed E-state index contributed by atoms with van der Waals surface area (Å²) >= 11 is 0. The third-order valence-corrected chi connectivity index (χ3v) is 1.11. The normalized spacial score (nSPS) is 9.18. The minimum atomic E-state index is -0.139. The SMILES string of the molecule is C=CC(=O)NCCNCCN. The molecule has 0 atom stereocenters. The minimum Gasteiger partial charge on any atom is -0.351 e. The fourth-order valence-corrected chi connectivity index (χ4v) is 0.573. The molecule has 0 rings (SSSR count). The molecule has 64 valence electrons. The quantitative estimate of drug-likeness (QED) is 0.336. The van der Waals surface area contributed by atoms with Crippen molar-refractivity contribution < 1.29 is 4.79 Å². The van der Waals surface area contributed by atoms with E-state index in [-0.39, 0.29) is 5.91 Å². The highest BCUT2D eigenvalue weighted by molar-refractivity contribution is 5.86. The van der Waals surface area contributed by atoms with Crippen LogP contribution in [0.25, 0.3) is 0 Å². The predicted octanol–water partition coefficient (Wildman–Crippen LogP) is -1.16. The molecule has 0 saturated carbocycles. The molecule has 0 fully saturated rings. The van der Waals surface area contributed by atoms with Crippen molar-refractivity contribution in [3.8, 4) is 0 Å². The van der Waals surface area contributed by atoms with Gasteiger partial charge in [-0.1, -0.05) is 6.58 Å². The van der Waals surface area contributed by atoms with Crippen LogP contribution in [0.4, 0.5) is 0 Å². The van der Waals surface area contributed by atoms with Crippen LogP contribution in [-0.4, -0.2) is 32.1 Å². The minimum absolute atomic E-state index is 0.139. The molecule has 0 aromatic carbocycles. The van der Waals surface area contributed by atoms with E-state index in [9.17, 15) is 4.79 Å². The monoisotopic (exact) mass is 157 g/mol. The summed E-state index contributed by atoms with van der Waals surface area (Å²) in [6.45, 7) is 6.09. The van der Waals surface area contributed by atoms with Crippen LogP contribution in [0.15, 0.2) is 12.7 Å². The topological polar surface area (TPSA) is 67.2 Å². The van der Waals surface area contributed by atoms with Crippen molar-refractivity contribution in [2.45, 2.75) is 0 Å². The van der Waals surface area contributed by atoms with Crippen LogP contribution >= 0.6 is 0 Å². The molecule has 0 aliphatic heterocycles. The number of carbonyl (C=O) groups excluding carboxylic acids is 1. The molecule has 1 amide bonds. The van der Waals surface area contributed by atoms with Crippen LogP contribution < -0.4 is 16.4 Å². The van der Waals surface area contributed by atoms with Gasteiger partial charge in [0.05, 0.1) is 0 Å². The van der Waals surface area contributed by atoms with E-state index >= 15 is 0 Å². The van der Waals surface area contributed by atoms with Crippen LogP contribution in [0.2, 0.25) is 0 Å². The van der Waals surface area contributed by atoms with Gasteiger partial charge in [-0.25, -0.2) is 0 Å². The molecule has 0 spiro atoms. The average Bonchev–Trinajstić information content (AvgIpc) is 2.04. The number of nitrogens with two attached hydrogens (primary N) is 1. The summed E-state index contributed by atoms with van der Waals surface area (Å²) in [5, 5.41) is 5.67. The molecule has 0 aromatic heterocycles. The van der Waals surface area contributed by atoms with E-state index in [2.05, 4.69) is 17.2 Å². The van der Waals surface area contributed by atoms with Gasteiger partial charge in [0, 0.05) is 26.2 Å². The molecule has 0 saturated heterocycles. The summed E-state index contributed by atoms with van der Waals surface area (Å²) in [5.41, 5.74) is 5.23. The van der Waals surface area contributed by atoms with E-state index < -0.39 is 0 Å². The predicted molar refractivity (Wildman–Crippen MR) is 45.1 cm³/mol. The zero-order chi connectivity index (χ0) is 8.53. The number of amides is 1. The zero-order valence-electron chi connectivity index (χ0n) is 6.60. The molecule has 4 N–H and O–H groups in total. The third kappa shape index (κ3) is 7.02. The highest BCUT2D eigenvalue weighted by Gasteiger charge is 1.90. The molecule has 0 radical (unpaired) electrons. The Bertz CT molecular complexity index is 125. The number of carbonyl (C=O) groups is 1. The number of nitrogens with one attached hydrogen (secondary N) is 2. The molecule has 0 aliphatic carbocycles. The van der Waals surface area contributed by atoms with Crippen molar-refractivity contribution in [3.63, 3.8) is 0 Å². The maximum absolute atomic E-state index is 10.6. The van der Waals surface area contributed by atoms with Crippen molar-refractivity contribution in [1.29, 1.82) is 0 Å². The molecule has 0 aromatic rings. The highest BCUT2D eigenvalue weighted by atomic mass is 16.1. The lowest BCUT2D eigenvalue weighted by atomic mass is 10.5. The second kappa shape index (κ2) is 7.24. The summed E-state index contributed by atoms with van der Waals surface area (Å²) in [7, 11) is 0. The van der Waals surface area contributed by atoms with Crippen LogP contribution in [0.3, 0.4) is 0 Å². The van der Waals surface area contributed by atoms with Crippen LogP contribution in [-0.2, 0) is 4.79 Å². The first kappa shape index (κ1) is 10.1. The maximum Gasteiger partial charge on any atom is 0.243 e. The van der Waals surface area contributed by atoms with Gasteiger partial charge in [-0.15, -0.1) is 0 Å². The standard InChI is InChI=1S/C7H15N3O/c1-2-7(11)10-6-5-9-4-3-8/h2,9H,1,3-6,8H2,(H,10,11). The average molecular weight is 157 g/mol. The van der Waals surface area contributed by atoms with Crippen LogP contribution in [0, 0.1) is 0 Å². The zero-order valence-corrected chi connectivity index (χ0v) is 6.60. The Labute approximate surface area is 66.8 Å². The van der Waals surface area contributed by atoms with Gasteiger partial charge < -0.3 is 16.4 Å². The van der Waals surface area contributed by atoms with E-state index in [1.807, 2.05) is 0 Å². The van der Waals surface area contributed by atoms with E-state index in [4.69, 9.17) is 5.73 Å². The van der Waals surface area contributed by atoms with Gasteiger partial charge in [0.15, 0.2) is 0 Å². The van der Waals surface area contributed by atoms with Crippen molar-refractivity contribution in [2.24, 2.45) is 5.73 Å². The van der Waals surface area contributed by atoms with Crippen LogP contribution in [0.5, 0.6) is 0 Å². The van der Waals surface area contributed by atoms with Crippen molar-refractivity contribution >= 4 is 5.91 Å². The Balaban J connectivity index is 3.01. The summed E-state index contributed by atoms with van der Waals surface area (Å²) in [5.74, 6) is -0.139. The Morgan fingerprint density at radius 1 is 1.45 bits per heavy atom. The smallest absolute Gasteiger partial charge is 0.243 e. The Morgan fingerprint density at radius 2 is 2.18 bits per heavy atom. The molecule has 0 bridgehead atoms. The van der Waals surface area contributed by atoms with Crippen molar-refractivity contribution in [2.75, 3.05) is 26.2 Å². The molecular formula is C7H15N3O. The second-order valence-corrected chi connectivity index (χ2v) is 2.03. The molecule has 4 heteroatoms. The number of hydrogen-bond donors (Lipinski definition) is 3. The van der Waals surface area contributed by atoms with Gasteiger partial charge in [0.25, 0.3) is 0 Å². The van der Waals surface area contributed by atoms with E-state index in [0.29, 0.717) is 13.1 Å². The van der Waals surface area contributed by atoms with Crippen molar-refractivity contribution in [1.82, 2.24) is 10.6 Å². The Hall–Kier alpha value is -0.870. The summed E-state index contributed by atoms with van der Waals surface area (Å²) in [4.78, 5) is 10.6. The van der Waals surface area contributed by atoms with Gasteiger partial charge in [0.1, 0.15) is 0 Å². The first-order valence-electron chi connectivity index (χ1n) is 3.62. The van der Waals surface area contributed by atoms with Gasteiger partial charge in [-0.3, -0.25) is 4.79 Å². The van der Waals surface area contributed by atoms with Gasteiger partial charge in [-0.2, -0.15) is 0 Å². The maximum atomic E-state index is 10.6. The van der Waals surface area contributed by atoms with Crippen LogP contribution in [0.1, 0.15) is 0 Å². The van der Waals surface area contributed by atoms with Gasteiger partial charge in [-0.05, 0) is 6.08 Å². The summed E-state index contributed by atoms with van der Waals surface area (Å²) in [6, 6.07) is 0. The second-order valence-electron chi connectivity index (χ2n) is 2.03. The summed E-state index contributed by atoms with van der Waals surface area (Å²) < 4.78 is 0. The molecule has 0 aliphatic rings. The largest absolute Gasteiger partial charge is 0.351 e. The Morgan fingerprint density at radius 3 is 2.73 bits per heavy atom. The molecular weight excluding hydrogens is 142 g/mol. The van der Waals surface area contributed by atoms with E-state index in [0.717, 1.165) is 13.1 Å². The molecule has 0 heterocycles. The number of rotatable bonds is 6. The number of hydrogen-bond acceptors (Lipinski definition) is 3. The molecule has 4 nitrogen and oxygen atoms in total. The Kier molecular flexibility index (Phi) is 6.67. The van der Waals surface area contributed by atoms with Gasteiger partial charge in [0.2, 0.25) is 5.91 Å². The highest BCUT2D eigenvalue weighted by Crippen LogP contribution is 1.64. The lowest BCUT2D eigenvalue weighted by Gasteiger charge is -2.02. The fraction of sp³-hybridized carbons (Fsp3) is 0.571. The van der Waals surface area contributed by atoms with E-state index in [1.165, 1.54) is 6.08 Å².